The predicted octanol–water partition coefficient (Wildman–Crippen LogP) is 5.29. The lowest BCUT2D eigenvalue weighted by Gasteiger charge is -2.33. The van der Waals surface area contributed by atoms with E-state index >= 15 is 0 Å². The van der Waals surface area contributed by atoms with Crippen molar-refractivity contribution in [3.05, 3.63) is 83.4 Å². The number of nitrogens with zero attached hydrogens (tertiary/aromatic N) is 6. The highest BCUT2D eigenvalue weighted by Gasteiger charge is 2.36. The Morgan fingerprint density at radius 1 is 0.714 bits per heavy atom. The van der Waals surface area contributed by atoms with Gasteiger partial charge in [-0.05, 0) is 25.0 Å². The first-order chi connectivity index (χ1) is 13.6. The number of hydrogen-bond acceptors (Lipinski definition) is 5. The summed E-state index contributed by atoms with van der Waals surface area (Å²) in [5, 5.41) is 15.3. The van der Waals surface area contributed by atoms with Gasteiger partial charge in [-0.1, -0.05) is 70.9 Å². The van der Waals surface area contributed by atoms with Crippen LogP contribution in [-0.2, 0) is 0 Å². The Kier molecular flexibility index (Phi) is 4.97. The van der Waals surface area contributed by atoms with Gasteiger partial charge in [0, 0.05) is 13.1 Å². The molecule has 1 fully saturated rings. The molecule has 2 amide bonds. The molecule has 2 atom stereocenters. The van der Waals surface area contributed by atoms with Gasteiger partial charge in [0.25, 0.3) is 0 Å². The first-order valence-electron chi connectivity index (χ1n) is 9.40. The van der Waals surface area contributed by atoms with Crippen molar-refractivity contribution in [3.63, 3.8) is 0 Å². The molecular weight excluding hydrogens is 352 g/mol. The fourth-order valence-corrected chi connectivity index (χ4v) is 3.74. The molecular formula is C21H22N6O. The lowest BCUT2D eigenvalue weighted by Crippen LogP contribution is -2.29. The minimum absolute atomic E-state index is 0.125. The maximum atomic E-state index is 11.3. The van der Waals surface area contributed by atoms with Crippen molar-refractivity contribution in [3.8, 4) is 0 Å². The quantitative estimate of drug-likeness (QED) is 0.730. The fourth-order valence-electron chi connectivity index (χ4n) is 3.74. The van der Waals surface area contributed by atoms with Gasteiger partial charge < -0.3 is 9.80 Å². The normalized spacial score (nSPS) is 18.7. The zero-order valence-electron chi connectivity index (χ0n) is 15.9. The molecule has 0 spiro atoms. The molecule has 2 heterocycles. The highest BCUT2D eigenvalue weighted by molar-refractivity contribution is 5.75. The van der Waals surface area contributed by atoms with Crippen molar-refractivity contribution in [2.45, 2.75) is 25.9 Å². The standard InChI is InChI=1S/C21H22N6O/c1-15(17-9-5-3-6-10-17)26-13-14-27(16(2)18-11-7-4-8-12-18)20(26)19-22-24-21(28)25-23-19/h3-12,15-16H,13-14H2,1-2H3/t15-,16-/m0/s1. The minimum atomic E-state index is -0.673. The number of rotatable bonds is 4. The molecule has 0 radical (unpaired) electrons. The molecule has 0 unspecified atom stereocenters. The zero-order chi connectivity index (χ0) is 19.5. The monoisotopic (exact) mass is 374 g/mol. The molecule has 7 heteroatoms. The smallest absolute Gasteiger partial charge is 0.346 e. The van der Waals surface area contributed by atoms with Crippen LogP contribution in [0.4, 0.5) is 4.79 Å². The number of hydrogen-bond donors (Lipinski definition) is 0. The second-order valence-corrected chi connectivity index (χ2v) is 6.89. The molecule has 0 saturated carbocycles. The largest absolute Gasteiger partial charge is 0.404 e. The number of urea groups is 1. The Labute approximate surface area is 164 Å². The maximum Gasteiger partial charge on any atom is 0.404 e. The molecule has 2 aromatic rings. The number of benzene rings is 2. The van der Waals surface area contributed by atoms with Gasteiger partial charge in [-0.25, -0.2) is 4.79 Å². The molecule has 2 aliphatic heterocycles. The van der Waals surface area contributed by atoms with Crippen molar-refractivity contribution < 1.29 is 4.79 Å². The van der Waals surface area contributed by atoms with Gasteiger partial charge in [-0.15, -0.1) is 10.2 Å². The highest BCUT2D eigenvalue weighted by Crippen LogP contribution is 2.38. The average molecular weight is 374 g/mol. The predicted molar refractivity (Wildman–Crippen MR) is 105 cm³/mol. The summed E-state index contributed by atoms with van der Waals surface area (Å²) in [6.45, 7) is 5.97. The van der Waals surface area contributed by atoms with Gasteiger partial charge in [0.1, 0.15) is 0 Å². The maximum absolute atomic E-state index is 11.3. The number of carbonyl (C=O) groups excluding carboxylic acids is 1. The van der Waals surface area contributed by atoms with Crippen LogP contribution in [-0.4, -0.2) is 28.9 Å². The number of azo groups is 2. The van der Waals surface area contributed by atoms with Gasteiger partial charge >= 0.3 is 6.03 Å². The zero-order valence-corrected chi connectivity index (χ0v) is 15.9. The van der Waals surface area contributed by atoms with Crippen LogP contribution in [0.3, 0.4) is 0 Å². The van der Waals surface area contributed by atoms with E-state index in [0.717, 1.165) is 18.9 Å². The van der Waals surface area contributed by atoms with Crippen LogP contribution in [0.1, 0.15) is 37.1 Å². The summed E-state index contributed by atoms with van der Waals surface area (Å²) in [4.78, 5) is 15.9. The summed E-state index contributed by atoms with van der Waals surface area (Å²) >= 11 is 0. The Bertz CT molecular complexity index is 864. The molecule has 0 aliphatic carbocycles. The minimum Gasteiger partial charge on any atom is -0.346 e. The van der Waals surface area contributed by atoms with Crippen molar-refractivity contribution in [1.82, 2.24) is 9.80 Å². The number of carbonyl (C=O) groups is 1. The summed E-state index contributed by atoms with van der Waals surface area (Å²) in [5.74, 6) is 1.23. The van der Waals surface area contributed by atoms with Crippen LogP contribution >= 0.6 is 0 Å². The molecule has 2 aliphatic rings. The van der Waals surface area contributed by atoms with Crippen LogP contribution < -0.4 is 0 Å². The third-order valence-electron chi connectivity index (χ3n) is 5.29. The first kappa shape index (κ1) is 18.0. The average Bonchev–Trinajstić information content (AvgIpc) is 3.19. The van der Waals surface area contributed by atoms with Crippen molar-refractivity contribution in [1.29, 1.82) is 0 Å². The van der Waals surface area contributed by atoms with Gasteiger partial charge in [0.05, 0.1) is 12.1 Å². The second kappa shape index (κ2) is 7.72. The van der Waals surface area contributed by atoms with Crippen LogP contribution in [0, 0.1) is 0 Å². The summed E-state index contributed by atoms with van der Waals surface area (Å²) in [6.07, 6.45) is 0. The third kappa shape index (κ3) is 3.43. The molecule has 2 aromatic carbocycles. The van der Waals surface area contributed by atoms with Crippen LogP contribution in [0.5, 0.6) is 0 Å². The second-order valence-electron chi connectivity index (χ2n) is 6.89. The molecule has 4 rings (SSSR count). The van der Waals surface area contributed by atoms with Crippen LogP contribution in [0.15, 0.2) is 92.8 Å². The van der Waals surface area contributed by atoms with Gasteiger partial charge in [0.2, 0.25) is 5.82 Å². The summed E-state index contributed by atoms with van der Waals surface area (Å²) in [7, 11) is 0. The molecule has 7 nitrogen and oxygen atoms in total. The van der Waals surface area contributed by atoms with Crippen molar-refractivity contribution in [2.24, 2.45) is 20.5 Å². The van der Waals surface area contributed by atoms with E-state index in [1.54, 1.807) is 0 Å². The third-order valence-corrected chi connectivity index (χ3v) is 5.29. The van der Waals surface area contributed by atoms with E-state index in [0.29, 0.717) is 5.82 Å². The van der Waals surface area contributed by atoms with E-state index in [2.05, 4.69) is 68.4 Å². The van der Waals surface area contributed by atoms with E-state index < -0.39 is 6.03 Å². The van der Waals surface area contributed by atoms with E-state index in [-0.39, 0.29) is 12.1 Å². The van der Waals surface area contributed by atoms with Crippen LogP contribution in [0.25, 0.3) is 0 Å². The molecule has 0 N–H and O–H groups in total. The van der Waals surface area contributed by atoms with Gasteiger partial charge in [0.15, 0.2) is 5.82 Å². The molecule has 142 valence electrons. The van der Waals surface area contributed by atoms with Crippen LogP contribution in [0.2, 0.25) is 0 Å². The van der Waals surface area contributed by atoms with Crippen molar-refractivity contribution >= 4 is 6.03 Å². The molecule has 0 aromatic heterocycles. The van der Waals surface area contributed by atoms with E-state index in [1.807, 2.05) is 36.4 Å². The fraction of sp³-hybridized carbons (Fsp3) is 0.286. The van der Waals surface area contributed by atoms with Gasteiger partial charge in [-0.2, -0.15) is 0 Å². The Hall–Kier alpha value is -3.35. The van der Waals surface area contributed by atoms with E-state index in [1.165, 1.54) is 11.1 Å². The highest BCUT2D eigenvalue weighted by atomic mass is 16.2. The summed E-state index contributed by atoms with van der Waals surface area (Å²) in [6, 6.07) is 20.2. The Morgan fingerprint density at radius 2 is 1.14 bits per heavy atom. The Balaban J connectivity index is 1.74. The Morgan fingerprint density at radius 3 is 1.57 bits per heavy atom. The first-order valence-corrected chi connectivity index (χ1v) is 9.40. The van der Waals surface area contributed by atoms with E-state index in [4.69, 9.17) is 0 Å². The SMILES string of the molecule is C[C@@H](c1ccccc1)N1CCN([C@@H](C)c2ccccc2)C1=C1N=NC(=O)N=N1. The lowest BCUT2D eigenvalue weighted by molar-refractivity contribution is 0.243. The van der Waals surface area contributed by atoms with Crippen molar-refractivity contribution in [2.75, 3.05) is 13.1 Å². The number of amides is 2. The summed E-state index contributed by atoms with van der Waals surface area (Å²) in [5.41, 5.74) is 2.41. The molecule has 0 bridgehead atoms. The molecule has 1 saturated heterocycles. The lowest BCUT2D eigenvalue weighted by atomic mass is 10.1. The molecule has 28 heavy (non-hydrogen) atoms. The van der Waals surface area contributed by atoms with E-state index in [9.17, 15) is 4.79 Å². The summed E-state index contributed by atoms with van der Waals surface area (Å²) < 4.78 is 0. The topological polar surface area (TPSA) is 73.0 Å². The van der Waals surface area contributed by atoms with Gasteiger partial charge in [-0.3, -0.25) is 0 Å².